The van der Waals surface area contributed by atoms with Gasteiger partial charge in [-0.1, -0.05) is 30.0 Å². The first-order chi connectivity index (χ1) is 10.7. The maximum Gasteiger partial charge on any atom is 0.573 e. The third-order valence-corrected chi connectivity index (χ3v) is 4.42. The van der Waals surface area contributed by atoms with Gasteiger partial charge in [0.05, 0.1) is 0 Å². The van der Waals surface area contributed by atoms with E-state index in [1.54, 1.807) is 6.07 Å². The van der Waals surface area contributed by atoms with E-state index in [1.807, 2.05) is 0 Å². The van der Waals surface area contributed by atoms with Gasteiger partial charge in [-0.15, -0.1) is 13.2 Å². The number of ether oxygens (including phenoxy) is 1. The largest absolute Gasteiger partial charge is 0.573 e. The van der Waals surface area contributed by atoms with Gasteiger partial charge >= 0.3 is 6.36 Å². The van der Waals surface area contributed by atoms with E-state index in [1.165, 1.54) is 30.0 Å². The number of hydrogen-bond acceptors (Lipinski definition) is 4. The van der Waals surface area contributed by atoms with Crippen LogP contribution in [-0.2, 0) is 16.1 Å². The molecule has 1 saturated heterocycles. The Morgan fingerprint density at radius 2 is 2.09 bits per heavy atom. The Kier molecular flexibility index (Phi) is 5.56. The molecule has 126 valence electrons. The average Bonchev–Trinajstić information content (AvgIpc) is 2.78. The summed E-state index contributed by atoms with van der Waals surface area (Å²) in [6, 6.07) is 5.78. The first-order valence-electron chi connectivity index (χ1n) is 6.99. The highest BCUT2D eigenvalue weighted by Crippen LogP contribution is 2.29. The molecule has 2 rings (SSSR count). The number of para-hydroxylation sites is 1. The molecule has 1 aliphatic heterocycles. The fourth-order valence-electron chi connectivity index (χ4n) is 2.42. The topological polar surface area (TPSA) is 46.6 Å². The van der Waals surface area contributed by atoms with E-state index < -0.39 is 6.36 Å². The maximum atomic E-state index is 12.4. The Bertz CT molecular complexity index is 592. The summed E-state index contributed by atoms with van der Waals surface area (Å²) in [5, 5.41) is -0.0141. The summed E-state index contributed by atoms with van der Waals surface area (Å²) in [5.74, 6) is 0.153. The molecule has 1 fully saturated rings. The van der Waals surface area contributed by atoms with Gasteiger partial charge in [0.1, 0.15) is 5.75 Å². The van der Waals surface area contributed by atoms with E-state index in [-0.39, 0.29) is 29.2 Å². The van der Waals surface area contributed by atoms with Gasteiger partial charge < -0.3 is 9.64 Å². The monoisotopic (exact) mass is 347 g/mol. The molecule has 1 aromatic rings. The number of carbonyl (C=O) groups is 2. The van der Waals surface area contributed by atoms with Crippen LogP contribution in [0.4, 0.5) is 13.2 Å². The molecule has 1 unspecified atom stereocenters. The molecule has 0 bridgehead atoms. The summed E-state index contributed by atoms with van der Waals surface area (Å²) in [7, 11) is 0. The zero-order valence-electron chi connectivity index (χ0n) is 12.4. The Morgan fingerprint density at radius 1 is 1.39 bits per heavy atom. The van der Waals surface area contributed by atoms with Crippen molar-refractivity contribution in [3.63, 3.8) is 0 Å². The van der Waals surface area contributed by atoms with Crippen molar-refractivity contribution in [2.45, 2.75) is 26.3 Å². The van der Waals surface area contributed by atoms with Gasteiger partial charge in [-0.2, -0.15) is 0 Å². The highest BCUT2D eigenvalue weighted by Gasteiger charge is 2.34. The van der Waals surface area contributed by atoms with E-state index in [4.69, 9.17) is 0 Å². The molecule has 4 nitrogen and oxygen atoms in total. The summed E-state index contributed by atoms with van der Waals surface area (Å²) in [6.45, 7) is 1.95. The van der Waals surface area contributed by atoms with Gasteiger partial charge in [-0.3, -0.25) is 9.59 Å². The molecular formula is C15H16F3NO3S. The quantitative estimate of drug-likeness (QED) is 0.821. The number of likely N-dealkylation sites (tertiary alicyclic amines) is 1. The number of rotatable bonds is 5. The van der Waals surface area contributed by atoms with Crippen molar-refractivity contribution in [3.05, 3.63) is 29.8 Å². The van der Waals surface area contributed by atoms with Crippen LogP contribution in [0.2, 0.25) is 0 Å². The molecule has 0 N–H and O–H groups in total. The van der Waals surface area contributed by atoms with Gasteiger partial charge in [0.25, 0.3) is 0 Å². The standard InChI is InChI=1S/C15H16F3NO3S/c1-10(20)23-9-11-6-14(21)19(7-11)8-12-4-2-3-5-13(12)22-15(16,17)18/h2-5,11H,6-9H2,1H3. The minimum atomic E-state index is -4.77. The van der Waals surface area contributed by atoms with Gasteiger partial charge in [0.2, 0.25) is 5.91 Å². The van der Waals surface area contributed by atoms with Crippen LogP contribution in [0.3, 0.4) is 0 Å². The predicted octanol–water partition coefficient (Wildman–Crippen LogP) is 3.21. The fourth-order valence-corrected chi connectivity index (χ4v) is 3.11. The van der Waals surface area contributed by atoms with Crippen LogP contribution >= 0.6 is 11.8 Å². The second kappa shape index (κ2) is 7.25. The Balaban J connectivity index is 2.02. The molecule has 1 aromatic carbocycles. The van der Waals surface area contributed by atoms with Crippen molar-refractivity contribution < 1.29 is 27.5 Å². The summed E-state index contributed by atoms with van der Waals surface area (Å²) in [6.07, 6.45) is -4.46. The van der Waals surface area contributed by atoms with Gasteiger partial charge in [0, 0.05) is 37.8 Å². The van der Waals surface area contributed by atoms with Gasteiger partial charge in [-0.05, 0) is 12.0 Å². The lowest BCUT2D eigenvalue weighted by Crippen LogP contribution is -2.26. The van der Waals surface area contributed by atoms with E-state index in [2.05, 4.69) is 4.74 Å². The molecule has 0 spiro atoms. The first-order valence-corrected chi connectivity index (χ1v) is 7.98. The molecule has 1 heterocycles. The van der Waals surface area contributed by atoms with Crippen LogP contribution in [0.5, 0.6) is 5.75 Å². The molecule has 0 radical (unpaired) electrons. The zero-order valence-corrected chi connectivity index (χ0v) is 13.2. The van der Waals surface area contributed by atoms with Crippen molar-refractivity contribution >= 4 is 22.8 Å². The van der Waals surface area contributed by atoms with Crippen molar-refractivity contribution in [1.82, 2.24) is 4.90 Å². The molecular weight excluding hydrogens is 331 g/mol. The van der Waals surface area contributed by atoms with Crippen LogP contribution in [0.25, 0.3) is 0 Å². The van der Waals surface area contributed by atoms with Crippen molar-refractivity contribution in [2.75, 3.05) is 12.3 Å². The average molecular weight is 347 g/mol. The normalized spacial score (nSPS) is 18.3. The maximum absolute atomic E-state index is 12.4. The molecule has 1 amide bonds. The highest BCUT2D eigenvalue weighted by molar-refractivity contribution is 8.13. The fraction of sp³-hybridized carbons (Fsp3) is 0.467. The molecule has 0 aliphatic carbocycles. The van der Waals surface area contributed by atoms with Crippen LogP contribution in [0.1, 0.15) is 18.9 Å². The van der Waals surface area contributed by atoms with Gasteiger partial charge in [0.15, 0.2) is 5.12 Å². The lowest BCUT2D eigenvalue weighted by Gasteiger charge is -2.19. The Labute approximate surface area is 136 Å². The summed E-state index contributed by atoms with van der Waals surface area (Å²) < 4.78 is 41.2. The second-order valence-electron chi connectivity index (χ2n) is 5.30. The minimum Gasteiger partial charge on any atom is -0.405 e. The molecule has 8 heteroatoms. The Morgan fingerprint density at radius 3 is 2.74 bits per heavy atom. The predicted molar refractivity (Wildman–Crippen MR) is 79.8 cm³/mol. The molecule has 0 aromatic heterocycles. The summed E-state index contributed by atoms with van der Waals surface area (Å²) in [5.41, 5.74) is 0.304. The van der Waals surface area contributed by atoms with Crippen molar-refractivity contribution in [2.24, 2.45) is 5.92 Å². The number of carbonyl (C=O) groups excluding carboxylic acids is 2. The molecule has 1 atom stereocenters. The number of benzene rings is 1. The van der Waals surface area contributed by atoms with Crippen LogP contribution in [0.15, 0.2) is 24.3 Å². The number of hydrogen-bond donors (Lipinski definition) is 0. The smallest absolute Gasteiger partial charge is 0.405 e. The third-order valence-electron chi connectivity index (χ3n) is 3.38. The number of amides is 1. The van der Waals surface area contributed by atoms with E-state index >= 15 is 0 Å². The number of thioether (sulfide) groups is 1. The number of halogens is 3. The van der Waals surface area contributed by atoms with Crippen molar-refractivity contribution in [1.29, 1.82) is 0 Å². The zero-order chi connectivity index (χ0) is 17.0. The lowest BCUT2D eigenvalue weighted by atomic mass is 10.1. The van der Waals surface area contributed by atoms with Gasteiger partial charge in [-0.25, -0.2) is 0 Å². The third kappa shape index (κ3) is 5.46. The summed E-state index contributed by atoms with van der Waals surface area (Å²) in [4.78, 5) is 24.5. The molecule has 0 saturated carbocycles. The van der Waals surface area contributed by atoms with Crippen molar-refractivity contribution in [3.8, 4) is 5.75 Å². The van der Waals surface area contributed by atoms with Crippen LogP contribution < -0.4 is 4.74 Å². The highest BCUT2D eigenvalue weighted by atomic mass is 32.2. The first kappa shape index (κ1) is 17.7. The molecule has 1 aliphatic rings. The van der Waals surface area contributed by atoms with E-state index in [0.29, 0.717) is 24.3 Å². The summed E-state index contributed by atoms with van der Waals surface area (Å²) >= 11 is 1.16. The second-order valence-corrected chi connectivity index (χ2v) is 6.50. The Hall–Kier alpha value is -1.70. The molecule has 23 heavy (non-hydrogen) atoms. The number of alkyl halides is 3. The van der Waals surface area contributed by atoms with Crippen LogP contribution in [-0.4, -0.2) is 34.6 Å². The van der Waals surface area contributed by atoms with Crippen LogP contribution in [0, 0.1) is 5.92 Å². The van der Waals surface area contributed by atoms with E-state index in [9.17, 15) is 22.8 Å². The van der Waals surface area contributed by atoms with E-state index in [0.717, 1.165) is 11.8 Å². The minimum absolute atomic E-state index is 0.0141. The number of nitrogens with zero attached hydrogens (tertiary/aromatic N) is 1. The lowest BCUT2D eigenvalue weighted by molar-refractivity contribution is -0.275. The SMILES string of the molecule is CC(=O)SCC1CC(=O)N(Cc2ccccc2OC(F)(F)F)C1.